The molecule has 0 N–H and O–H groups in total. The lowest BCUT2D eigenvalue weighted by molar-refractivity contribution is 0.0264. The average Bonchev–Trinajstić information content (AvgIpc) is 2.93. The Hall–Kier alpha value is -0.969. The van der Waals surface area contributed by atoms with Crippen LogP contribution in [0.25, 0.3) is 0 Å². The van der Waals surface area contributed by atoms with Gasteiger partial charge in [-0.05, 0) is 70.6 Å². The van der Waals surface area contributed by atoms with Gasteiger partial charge in [0, 0.05) is 13.2 Å². The summed E-state index contributed by atoms with van der Waals surface area (Å²) in [5.74, 6) is 0. The Balaban J connectivity index is 3.86. The molecule has 262 valence electrons. The summed E-state index contributed by atoms with van der Waals surface area (Å²) in [7, 11) is -4.86. The molecule has 0 heterocycles. The first-order valence-electron chi connectivity index (χ1n) is 16.9. The molecule has 0 unspecified atom stereocenters. The molecule has 0 aliphatic rings. The number of unbranched alkanes of at least 4 members (excludes halogenated alkanes) is 9. The third-order valence-electron chi connectivity index (χ3n) is 6.96. The summed E-state index contributed by atoms with van der Waals surface area (Å²) in [6.45, 7) is 18.2. The Morgan fingerprint density at radius 3 is 1.34 bits per heavy atom. The molecule has 0 amide bonds. The highest BCUT2D eigenvalue weighted by Gasteiger charge is 2.39. The van der Waals surface area contributed by atoms with E-state index < -0.39 is 37.5 Å². The highest BCUT2D eigenvalue weighted by molar-refractivity contribution is 6.87. The van der Waals surface area contributed by atoms with Crippen molar-refractivity contribution < 1.29 is 46.2 Å². The van der Waals surface area contributed by atoms with Crippen LogP contribution in [0.4, 0.5) is 9.59 Å². The van der Waals surface area contributed by atoms with E-state index in [0.717, 1.165) is 37.8 Å². The van der Waals surface area contributed by atoms with Crippen molar-refractivity contribution in [3.05, 3.63) is 0 Å². The minimum atomic E-state index is -2.30. The predicted octanol–water partition coefficient (Wildman–Crippen LogP) is 8.80. The minimum absolute atomic E-state index is 0.185. The van der Waals surface area contributed by atoms with Crippen LogP contribution in [-0.4, -0.2) is 90.9 Å². The number of hydrogen-bond acceptors (Lipinski definition) is 10. The van der Waals surface area contributed by atoms with Crippen LogP contribution in [0.3, 0.4) is 0 Å². The molecule has 13 heteroatoms. The Morgan fingerprint density at radius 2 is 0.886 bits per heavy atom. The summed E-state index contributed by atoms with van der Waals surface area (Å²) in [5, 5.41) is 0. The van der Waals surface area contributed by atoms with Crippen LogP contribution in [0.5, 0.6) is 0 Å². The van der Waals surface area contributed by atoms with Gasteiger partial charge in [-0.25, -0.2) is 9.59 Å². The molecule has 10 nitrogen and oxygen atoms in total. The molecule has 0 aromatic heterocycles. The third-order valence-corrected chi connectivity index (χ3v) is 18.4. The monoisotopic (exact) mass is 682 g/mol. The van der Waals surface area contributed by atoms with E-state index in [2.05, 4.69) is 50.9 Å². The van der Waals surface area contributed by atoms with Crippen molar-refractivity contribution in [1.29, 1.82) is 0 Å². The first-order valence-corrected chi connectivity index (χ1v) is 25.9. The SMILES string of the molecule is CCCCCCCCCCCCOC(=O)OCCOCCC[Si](C)(C)O[Si](C)(C)O[Si](C)(C)CCCOCCOC(=O)OC. The van der Waals surface area contributed by atoms with Crippen LogP contribution < -0.4 is 0 Å². The van der Waals surface area contributed by atoms with Crippen molar-refractivity contribution in [2.75, 3.05) is 53.4 Å². The lowest BCUT2D eigenvalue weighted by Gasteiger charge is -2.38. The topological polar surface area (TPSA) is 108 Å². The van der Waals surface area contributed by atoms with Gasteiger partial charge >= 0.3 is 20.9 Å². The van der Waals surface area contributed by atoms with Crippen molar-refractivity contribution in [2.45, 2.75) is 135 Å². The summed E-state index contributed by atoms with van der Waals surface area (Å²) in [5.41, 5.74) is 0. The van der Waals surface area contributed by atoms with Crippen LogP contribution in [0.15, 0.2) is 0 Å². The molecule has 44 heavy (non-hydrogen) atoms. The number of rotatable bonds is 29. The molecule has 0 aliphatic heterocycles. The fraction of sp³-hybridized carbons (Fsp3) is 0.935. The molecular formula is C31H66O10Si3. The van der Waals surface area contributed by atoms with E-state index in [1.807, 2.05) is 0 Å². The van der Waals surface area contributed by atoms with E-state index in [4.69, 9.17) is 31.9 Å². The summed E-state index contributed by atoms with van der Waals surface area (Å²) in [6, 6.07) is 1.94. The van der Waals surface area contributed by atoms with Gasteiger partial charge in [0.05, 0.1) is 26.9 Å². The van der Waals surface area contributed by atoms with Gasteiger partial charge < -0.3 is 36.7 Å². The molecule has 0 saturated heterocycles. The maximum atomic E-state index is 11.8. The Bertz CT molecular complexity index is 723. The quantitative estimate of drug-likeness (QED) is 0.0431. The molecule has 0 aliphatic carbocycles. The second kappa shape index (κ2) is 26.1. The molecule has 0 aromatic rings. The molecule has 0 radical (unpaired) electrons. The van der Waals surface area contributed by atoms with Gasteiger partial charge in [-0.2, -0.15) is 0 Å². The normalized spacial score (nSPS) is 12.3. The van der Waals surface area contributed by atoms with Gasteiger partial charge in [0.15, 0.2) is 16.6 Å². The summed E-state index contributed by atoms with van der Waals surface area (Å²) in [6.07, 6.45) is 12.9. The van der Waals surface area contributed by atoms with Crippen LogP contribution in [-0.2, 0) is 36.7 Å². The predicted molar refractivity (Wildman–Crippen MR) is 183 cm³/mol. The standard InChI is InChI=1S/C31H66O10Si3/c1-9-10-11-12-13-14-15-16-17-18-23-37-31(33)39-27-25-36-22-20-29-43(5,6)41-44(7,8)40-42(3,4)28-19-21-35-24-26-38-30(32)34-2/h9-29H2,1-8H3. The molecule has 0 aromatic carbocycles. The van der Waals surface area contributed by atoms with Crippen molar-refractivity contribution in [2.24, 2.45) is 0 Å². The average molecular weight is 683 g/mol. The van der Waals surface area contributed by atoms with Crippen molar-refractivity contribution in [3.8, 4) is 0 Å². The van der Waals surface area contributed by atoms with Gasteiger partial charge in [0.1, 0.15) is 13.2 Å². The maximum absolute atomic E-state index is 11.8. The van der Waals surface area contributed by atoms with Crippen molar-refractivity contribution in [3.63, 3.8) is 0 Å². The minimum Gasteiger partial charge on any atom is -0.438 e. The number of methoxy groups -OCH3 is 1. The van der Waals surface area contributed by atoms with E-state index in [9.17, 15) is 9.59 Å². The molecule has 0 rings (SSSR count). The smallest absolute Gasteiger partial charge is 0.438 e. The van der Waals surface area contributed by atoms with Gasteiger partial charge in [-0.3, -0.25) is 0 Å². The van der Waals surface area contributed by atoms with E-state index in [1.54, 1.807) is 0 Å². The van der Waals surface area contributed by atoms with Gasteiger partial charge in [-0.1, -0.05) is 64.7 Å². The Labute approximate surface area is 272 Å². The van der Waals surface area contributed by atoms with Gasteiger partial charge in [0.25, 0.3) is 0 Å². The second-order valence-corrected chi connectivity index (χ2v) is 25.5. The van der Waals surface area contributed by atoms with Crippen LogP contribution in [0.1, 0.15) is 84.0 Å². The first kappa shape index (κ1) is 43.0. The summed E-state index contributed by atoms with van der Waals surface area (Å²) in [4.78, 5) is 22.7. The zero-order valence-corrected chi connectivity index (χ0v) is 32.4. The van der Waals surface area contributed by atoms with E-state index in [0.29, 0.717) is 33.0 Å². The van der Waals surface area contributed by atoms with Crippen LogP contribution in [0, 0.1) is 0 Å². The van der Waals surface area contributed by atoms with Gasteiger partial charge in [-0.15, -0.1) is 0 Å². The zero-order valence-electron chi connectivity index (χ0n) is 29.4. The van der Waals surface area contributed by atoms with Gasteiger partial charge in [0.2, 0.25) is 0 Å². The Kier molecular flexibility index (Phi) is 25.6. The molecule has 0 fully saturated rings. The first-order chi connectivity index (χ1) is 20.8. The highest BCUT2D eigenvalue weighted by atomic mass is 28.5. The lowest BCUT2D eigenvalue weighted by atomic mass is 10.1. The lowest BCUT2D eigenvalue weighted by Crippen LogP contribution is -2.52. The second-order valence-electron chi connectivity index (χ2n) is 13.0. The van der Waals surface area contributed by atoms with Crippen molar-refractivity contribution >= 4 is 37.5 Å². The maximum Gasteiger partial charge on any atom is 0.508 e. The van der Waals surface area contributed by atoms with Crippen molar-refractivity contribution in [1.82, 2.24) is 0 Å². The van der Waals surface area contributed by atoms with Crippen LogP contribution >= 0.6 is 0 Å². The fourth-order valence-corrected chi connectivity index (χ4v) is 19.1. The molecule has 0 spiro atoms. The van der Waals surface area contributed by atoms with E-state index in [1.165, 1.54) is 58.5 Å². The number of carbonyl (C=O) groups excluding carboxylic acids is 2. The summed E-state index contributed by atoms with van der Waals surface area (Å²) >= 11 is 0. The molecule has 0 bridgehead atoms. The number of hydrogen-bond donors (Lipinski definition) is 0. The largest absolute Gasteiger partial charge is 0.508 e. The van der Waals surface area contributed by atoms with E-state index in [-0.39, 0.29) is 13.2 Å². The molecule has 0 saturated carbocycles. The van der Waals surface area contributed by atoms with Crippen LogP contribution in [0.2, 0.25) is 51.4 Å². The number of ether oxygens (including phenoxy) is 6. The number of carbonyl (C=O) groups is 2. The van der Waals surface area contributed by atoms with E-state index >= 15 is 0 Å². The zero-order chi connectivity index (χ0) is 33.2. The Morgan fingerprint density at radius 1 is 0.477 bits per heavy atom. The molecule has 0 atom stereocenters. The molecular weight excluding hydrogens is 617 g/mol. The third kappa shape index (κ3) is 28.5. The fourth-order valence-electron chi connectivity index (χ4n) is 5.07. The highest BCUT2D eigenvalue weighted by Crippen LogP contribution is 2.26. The summed E-state index contributed by atoms with van der Waals surface area (Å²) < 4.78 is 44.0.